The van der Waals surface area contributed by atoms with Gasteiger partial charge in [0.2, 0.25) is 0 Å². The summed E-state index contributed by atoms with van der Waals surface area (Å²) in [5, 5.41) is 21.2. The number of likely N-dealkylation sites (tertiary alicyclic amines) is 5. The summed E-state index contributed by atoms with van der Waals surface area (Å²) in [5.74, 6) is 0. The summed E-state index contributed by atoms with van der Waals surface area (Å²) in [7, 11) is 11.7. The van der Waals surface area contributed by atoms with E-state index in [4.69, 9.17) is 0 Å². The molecule has 5 N–H and O–H groups in total. The first-order valence-corrected chi connectivity index (χ1v) is 24.6. The molecule has 0 saturated carbocycles. The van der Waals surface area contributed by atoms with Crippen molar-refractivity contribution >= 4 is 28.4 Å². The molecule has 10 heteroatoms. The first kappa shape index (κ1) is 38.1. The quantitative estimate of drug-likeness (QED) is 0.129. The van der Waals surface area contributed by atoms with E-state index in [9.17, 15) is 0 Å². The third kappa shape index (κ3) is 4.09. The third-order valence-corrected chi connectivity index (χ3v) is 19.9. The lowest BCUT2D eigenvalue weighted by atomic mass is 9.54. The van der Waals surface area contributed by atoms with Crippen molar-refractivity contribution in [2.75, 3.05) is 94.5 Å². The fraction of sp³-hybridized carbons (Fsp3) is 0.455. The van der Waals surface area contributed by atoms with E-state index in [0.29, 0.717) is 0 Å². The van der Waals surface area contributed by atoms with Gasteiger partial charge >= 0.3 is 0 Å². The van der Waals surface area contributed by atoms with Gasteiger partial charge in [-0.05, 0) is 124 Å². The SMILES string of the molecule is CN1CC[C@]2(c3cccc4c3N[C@H]3N(C)CC[C@@]43c3cccc4c3N[C@H]3N(C)CC[C@@]43[C@]34CCN(C)[C@H]3Nc3ccccc34)c3cccc([C@@]45CCN(C)[C@@H]4Nc4ccccc45)c3N[C@H]12. The van der Waals surface area contributed by atoms with Crippen LogP contribution in [0.3, 0.4) is 0 Å². The van der Waals surface area contributed by atoms with E-state index in [1.165, 1.54) is 72.9 Å². The Morgan fingerprint density at radius 3 is 1.15 bits per heavy atom. The van der Waals surface area contributed by atoms with Gasteiger partial charge in [0.25, 0.3) is 0 Å². The third-order valence-electron chi connectivity index (χ3n) is 19.9. The van der Waals surface area contributed by atoms with Crippen LogP contribution in [0.4, 0.5) is 28.4 Å². The summed E-state index contributed by atoms with van der Waals surface area (Å²) >= 11 is 0. The first-order valence-electron chi connectivity index (χ1n) is 24.6. The Kier molecular flexibility index (Phi) is 7.29. The molecule has 5 aromatic rings. The fourth-order valence-corrected chi connectivity index (χ4v) is 17.3. The van der Waals surface area contributed by atoms with Crippen LogP contribution < -0.4 is 26.6 Å². The highest BCUT2D eigenvalue weighted by Gasteiger charge is 2.72. The monoisotopic (exact) mass is 863 g/mol. The zero-order valence-electron chi connectivity index (χ0n) is 38.5. The lowest BCUT2D eigenvalue weighted by Gasteiger charge is -2.48. The predicted molar refractivity (Wildman–Crippen MR) is 261 cm³/mol. The molecule has 65 heavy (non-hydrogen) atoms. The molecule has 5 saturated heterocycles. The maximum Gasteiger partial charge on any atom is 0.0933 e. The predicted octanol–water partition coefficient (Wildman–Crippen LogP) is 7.16. The number of benzene rings is 5. The minimum absolute atomic E-state index is 0.0539. The number of rotatable bonds is 4. The number of likely N-dealkylation sites (N-methyl/N-ethyl adjacent to an activating group) is 5. The van der Waals surface area contributed by atoms with E-state index < -0.39 is 0 Å². The van der Waals surface area contributed by atoms with Gasteiger partial charge in [-0.1, -0.05) is 91.0 Å². The average Bonchev–Trinajstić information content (AvgIpc) is 4.21. The molecule has 10 atom stereocenters. The maximum atomic E-state index is 4.41. The molecule has 0 amide bonds. The highest BCUT2D eigenvalue weighted by molar-refractivity contribution is 5.83. The highest BCUT2D eigenvalue weighted by atomic mass is 15.4. The number of hydrogen-bond acceptors (Lipinski definition) is 10. The lowest BCUT2D eigenvalue weighted by Crippen LogP contribution is -2.60. The van der Waals surface area contributed by atoms with Crippen LogP contribution in [0.25, 0.3) is 0 Å². The van der Waals surface area contributed by atoms with Crippen molar-refractivity contribution in [2.45, 2.75) is 90.0 Å². The fourth-order valence-electron chi connectivity index (χ4n) is 17.3. The highest BCUT2D eigenvalue weighted by Crippen LogP contribution is 2.69. The van der Waals surface area contributed by atoms with Crippen LogP contribution in [0.5, 0.6) is 0 Å². The minimum Gasteiger partial charge on any atom is -0.369 e. The van der Waals surface area contributed by atoms with Gasteiger partial charge in [-0.2, -0.15) is 0 Å². The van der Waals surface area contributed by atoms with Gasteiger partial charge in [0.05, 0.1) is 47.1 Å². The van der Waals surface area contributed by atoms with Gasteiger partial charge < -0.3 is 26.6 Å². The second kappa shape index (κ2) is 12.5. The molecule has 0 spiro atoms. The molecular formula is C55H62N10. The van der Waals surface area contributed by atoms with Crippen LogP contribution in [0.1, 0.15) is 76.6 Å². The van der Waals surface area contributed by atoms with Crippen molar-refractivity contribution in [3.05, 3.63) is 148 Å². The molecule has 0 aliphatic carbocycles. The second-order valence-corrected chi connectivity index (χ2v) is 22.0. The summed E-state index contributed by atoms with van der Waals surface area (Å²) in [6.45, 7) is 5.34. The van der Waals surface area contributed by atoms with Gasteiger partial charge in [0.15, 0.2) is 0 Å². The van der Waals surface area contributed by atoms with Gasteiger partial charge in [0.1, 0.15) is 0 Å². The summed E-state index contributed by atoms with van der Waals surface area (Å²) in [5.41, 5.74) is 17.8. The molecule has 15 rings (SSSR count). The van der Waals surface area contributed by atoms with Gasteiger partial charge in [0, 0.05) is 72.0 Å². The number of hydrogen-bond donors (Lipinski definition) is 5. The summed E-state index contributed by atoms with van der Waals surface area (Å²) in [6.07, 6.45) is 6.50. The van der Waals surface area contributed by atoms with Crippen molar-refractivity contribution in [3.63, 3.8) is 0 Å². The smallest absolute Gasteiger partial charge is 0.0933 e. The molecule has 0 radical (unpaired) electrons. The molecule has 10 heterocycles. The van der Waals surface area contributed by atoms with Crippen molar-refractivity contribution in [1.82, 2.24) is 24.5 Å². The average molecular weight is 863 g/mol. The second-order valence-electron chi connectivity index (χ2n) is 22.0. The Labute approximate surface area is 383 Å². The summed E-state index contributed by atoms with van der Waals surface area (Å²) < 4.78 is 0. The van der Waals surface area contributed by atoms with Crippen molar-refractivity contribution in [2.24, 2.45) is 0 Å². The number of fused-ring (bicyclic) bond motifs is 16. The Bertz CT molecular complexity index is 2880. The standard InChI is InChI=1S/C55H62N10/c1-61-28-23-51(33-13-6-8-21-41(33)56-46(51)61)35-15-10-16-36-43(35)58-47-52(36,24-29-62(47)2)37-17-11-18-38-44(37)59-48-53(38,25-30-63(48)3)39-19-12-20-40-45(39)60-50-55(40,27-32-65(50)5)54-26-31-64(4)49(54)57-42-22-9-7-14-34(42)54/h6-22,46-50,56-60H,23-32H2,1-5H3/t46-,47+,48-,49+,50-,51-,52+,53-,54-,55+/m0/s1. The first-order chi connectivity index (χ1) is 31.7. The van der Waals surface area contributed by atoms with Gasteiger partial charge in [-0.3, -0.25) is 24.5 Å². The Morgan fingerprint density at radius 1 is 0.323 bits per heavy atom. The number of nitrogens with zero attached hydrogens (tertiary/aromatic N) is 5. The van der Waals surface area contributed by atoms with E-state index in [1.807, 2.05) is 0 Å². The van der Waals surface area contributed by atoms with Crippen LogP contribution in [-0.2, 0) is 27.1 Å². The van der Waals surface area contributed by atoms with Crippen molar-refractivity contribution in [1.29, 1.82) is 0 Å². The Hall–Kier alpha value is -5.10. The largest absolute Gasteiger partial charge is 0.369 e. The molecule has 5 fully saturated rings. The number of nitrogens with one attached hydrogen (secondary N) is 5. The molecule has 0 bridgehead atoms. The van der Waals surface area contributed by atoms with Crippen molar-refractivity contribution < 1.29 is 0 Å². The molecule has 10 aliphatic heterocycles. The van der Waals surface area contributed by atoms with E-state index >= 15 is 0 Å². The van der Waals surface area contributed by atoms with E-state index in [-0.39, 0.29) is 57.9 Å². The molecule has 0 unspecified atom stereocenters. The molecule has 332 valence electrons. The topological polar surface area (TPSA) is 76.4 Å². The number of anilines is 5. The Balaban J connectivity index is 0.915. The minimum atomic E-state index is -0.223. The van der Waals surface area contributed by atoms with E-state index in [1.54, 1.807) is 0 Å². The Morgan fingerprint density at radius 2 is 0.631 bits per heavy atom. The lowest BCUT2D eigenvalue weighted by molar-refractivity contribution is 0.147. The zero-order chi connectivity index (χ0) is 43.4. The maximum absolute atomic E-state index is 4.41. The summed E-state index contributed by atoms with van der Waals surface area (Å²) in [4.78, 5) is 13.0. The molecule has 5 aromatic carbocycles. The normalized spacial score (nSPS) is 38.1. The van der Waals surface area contributed by atoms with Gasteiger partial charge in [-0.15, -0.1) is 0 Å². The van der Waals surface area contributed by atoms with Crippen LogP contribution in [-0.4, -0.2) is 123 Å². The van der Waals surface area contributed by atoms with Gasteiger partial charge in [-0.25, -0.2) is 0 Å². The van der Waals surface area contributed by atoms with E-state index in [0.717, 1.165) is 64.8 Å². The van der Waals surface area contributed by atoms with Crippen molar-refractivity contribution in [3.8, 4) is 0 Å². The van der Waals surface area contributed by atoms with E-state index in [2.05, 4.69) is 189 Å². The van der Waals surface area contributed by atoms with Crippen LogP contribution in [0, 0.1) is 0 Å². The molecular weight excluding hydrogens is 801 g/mol. The molecule has 10 nitrogen and oxygen atoms in total. The molecule has 0 aromatic heterocycles. The van der Waals surface area contributed by atoms with Crippen LogP contribution in [0.2, 0.25) is 0 Å². The summed E-state index contributed by atoms with van der Waals surface area (Å²) in [6, 6.07) is 40.6. The molecule has 10 aliphatic rings. The van der Waals surface area contributed by atoms with Crippen LogP contribution >= 0.6 is 0 Å². The number of para-hydroxylation sites is 5. The van der Waals surface area contributed by atoms with Crippen LogP contribution in [0.15, 0.2) is 103 Å². The zero-order valence-corrected chi connectivity index (χ0v) is 38.5.